The van der Waals surface area contributed by atoms with Gasteiger partial charge in [0, 0.05) is 24.7 Å². The van der Waals surface area contributed by atoms with Crippen molar-refractivity contribution in [3.8, 4) is 0 Å². The van der Waals surface area contributed by atoms with Crippen LogP contribution in [0.5, 0.6) is 0 Å². The average molecular weight is 515 g/mol. The number of nitrogens with zero attached hydrogens (tertiary/aromatic N) is 1. The summed E-state index contributed by atoms with van der Waals surface area (Å²) >= 11 is 0. The molecule has 3 aromatic rings. The van der Waals surface area contributed by atoms with Gasteiger partial charge in [-0.25, -0.2) is 4.79 Å². The number of amides is 1. The van der Waals surface area contributed by atoms with Gasteiger partial charge in [0.2, 0.25) is 5.91 Å². The zero-order chi connectivity index (χ0) is 27.1. The molecule has 200 valence electrons. The minimum absolute atomic E-state index is 0.00343. The third-order valence-corrected chi connectivity index (χ3v) is 7.88. The van der Waals surface area contributed by atoms with Crippen LogP contribution in [0.2, 0.25) is 0 Å². The molecule has 0 unspecified atom stereocenters. The van der Waals surface area contributed by atoms with Gasteiger partial charge in [-0.05, 0) is 60.9 Å². The van der Waals surface area contributed by atoms with Crippen LogP contribution in [0.25, 0.3) is 0 Å². The van der Waals surface area contributed by atoms with E-state index in [4.69, 9.17) is 4.74 Å². The van der Waals surface area contributed by atoms with E-state index in [1.165, 1.54) is 7.11 Å². The highest BCUT2D eigenvalue weighted by Gasteiger charge is 2.41. The van der Waals surface area contributed by atoms with E-state index in [9.17, 15) is 14.7 Å². The Balaban J connectivity index is 1.57. The largest absolute Gasteiger partial charge is 0.465 e. The second kappa shape index (κ2) is 12.3. The Kier molecular flexibility index (Phi) is 8.85. The van der Waals surface area contributed by atoms with E-state index in [1.54, 1.807) is 6.07 Å². The van der Waals surface area contributed by atoms with Crippen molar-refractivity contribution in [3.05, 3.63) is 95.6 Å². The predicted octanol–water partition coefficient (Wildman–Crippen LogP) is 6.00. The highest BCUT2D eigenvalue weighted by Crippen LogP contribution is 2.43. The third kappa shape index (κ3) is 5.60. The Morgan fingerprint density at radius 3 is 2.00 bits per heavy atom. The maximum atomic E-state index is 12.8. The van der Waals surface area contributed by atoms with Gasteiger partial charge >= 0.3 is 5.97 Å². The summed E-state index contributed by atoms with van der Waals surface area (Å²) in [6.07, 6.45) is 3.01. The first-order valence-electron chi connectivity index (χ1n) is 13.5. The summed E-state index contributed by atoms with van der Waals surface area (Å²) in [7, 11) is 1.37. The number of anilines is 2. The summed E-state index contributed by atoms with van der Waals surface area (Å²) < 4.78 is 5.09. The van der Waals surface area contributed by atoms with E-state index in [0.717, 1.165) is 42.5 Å². The first kappa shape index (κ1) is 27.4. The van der Waals surface area contributed by atoms with E-state index < -0.39 is 11.6 Å². The number of hydrogen-bond donors (Lipinski definition) is 2. The van der Waals surface area contributed by atoms with Crippen molar-refractivity contribution in [2.45, 2.75) is 45.1 Å². The maximum absolute atomic E-state index is 12.8. The Morgan fingerprint density at radius 1 is 0.947 bits per heavy atom. The fourth-order valence-electron chi connectivity index (χ4n) is 5.63. The van der Waals surface area contributed by atoms with Crippen molar-refractivity contribution in [2.75, 3.05) is 30.4 Å². The number of rotatable bonds is 9. The zero-order valence-corrected chi connectivity index (χ0v) is 22.5. The summed E-state index contributed by atoms with van der Waals surface area (Å²) in [6.45, 7) is 5.35. The van der Waals surface area contributed by atoms with Crippen LogP contribution in [0.3, 0.4) is 0 Å². The van der Waals surface area contributed by atoms with Gasteiger partial charge in [0.1, 0.15) is 5.60 Å². The Labute approximate surface area is 225 Å². The number of aliphatic hydroxyl groups is 1. The standard InChI is InChI=1S/C32H38N2O4/c1-4-23(5-2)30(35)33-27-16-17-29(28(22-27)31(36)38-3)34-20-18-26(19-21-34)32(37,24-12-8-6-9-13-24)25-14-10-7-11-15-25/h6-17,22-23,26,37H,4-5,18-21H2,1-3H3,(H,33,35). The molecular formula is C32H38N2O4. The van der Waals surface area contributed by atoms with Crippen molar-refractivity contribution < 1.29 is 19.4 Å². The molecule has 1 saturated heterocycles. The Morgan fingerprint density at radius 2 is 1.50 bits per heavy atom. The number of nitrogens with one attached hydrogen (secondary N) is 1. The van der Waals surface area contributed by atoms with Gasteiger partial charge < -0.3 is 20.1 Å². The normalized spacial score (nSPS) is 14.4. The average Bonchev–Trinajstić information content (AvgIpc) is 2.98. The lowest BCUT2D eigenvalue weighted by Crippen LogP contribution is -2.44. The minimum atomic E-state index is -1.11. The number of ether oxygens (including phenoxy) is 1. The van der Waals surface area contributed by atoms with Gasteiger partial charge in [0.25, 0.3) is 0 Å². The quantitative estimate of drug-likeness (QED) is 0.343. The molecule has 0 atom stereocenters. The van der Waals surface area contributed by atoms with Crippen LogP contribution in [0.1, 0.15) is 61.0 Å². The molecular weight excluding hydrogens is 476 g/mol. The van der Waals surface area contributed by atoms with Crippen LogP contribution < -0.4 is 10.2 Å². The molecule has 1 heterocycles. The highest BCUT2D eigenvalue weighted by atomic mass is 16.5. The Hall–Kier alpha value is -3.64. The maximum Gasteiger partial charge on any atom is 0.340 e. The monoisotopic (exact) mass is 514 g/mol. The molecule has 0 aliphatic carbocycles. The first-order valence-corrected chi connectivity index (χ1v) is 13.5. The van der Waals surface area contributed by atoms with Gasteiger partial charge in [0.05, 0.1) is 18.4 Å². The molecule has 6 nitrogen and oxygen atoms in total. The summed E-state index contributed by atoms with van der Waals surface area (Å²) in [4.78, 5) is 27.5. The summed E-state index contributed by atoms with van der Waals surface area (Å²) in [6, 6.07) is 25.2. The van der Waals surface area contributed by atoms with Crippen LogP contribution >= 0.6 is 0 Å². The Bertz CT molecular complexity index is 1180. The molecule has 1 aliphatic rings. The van der Waals surface area contributed by atoms with Crippen LogP contribution in [0, 0.1) is 11.8 Å². The fraction of sp³-hybridized carbons (Fsp3) is 0.375. The molecule has 4 rings (SSSR count). The smallest absolute Gasteiger partial charge is 0.340 e. The van der Waals surface area contributed by atoms with Crippen molar-refractivity contribution in [1.82, 2.24) is 0 Å². The fourth-order valence-corrected chi connectivity index (χ4v) is 5.63. The van der Waals surface area contributed by atoms with Crippen LogP contribution in [0.4, 0.5) is 11.4 Å². The summed E-state index contributed by atoms with van der Waals surface area (Å²) in [5.41, 5.74) is 2.45. The highest BCUT2D eigenvalue weighted by molar-refractivity contribution is 5.99. The molecule has 0 aromatic heterocycles. The number of piperidine rings is 1. The minimum Gasteiger partial charge on any atom is -0.465 e. The van der Waals surface area contributed by atoms with E-state index >= 15 is 0 Å². The van der Waals surface area contributed by atoms with Gasteiger partial charge in [-0.2, -0.15) is 0 Å². The number of methoxy groups -OCH3 is 1. The van der Waals surface area contributed by atoms with Gasteiger partial charge in [-0.1, -0.05) is 74.5 Å². The number of esters is 1. The van der Waals surface area contributed by atoms with E-state index in [1.807, 2.05) is 86.6 Å². The second-order valence-electron chi connectivity index (χ2n) is 9.99. The number of carbonyl (C=O) groups is 2. The molecule has 0 saturated carbocycles. The molecule has 0 bridgehead atoms. The van der Waals surface area contributed by atoms with E-state index in [0.29, 0.717) is 24.3 Å². The van der Waals surface area contributed by atoms with Crippen molar-refractivity contribution in [3.63, 3.8) is 0 Å². The van der Waals surface area contributed by atoms with Crippen molar-refractivity contribution in [2.24, 2.45) is 11.8 Å². The first-order chi connectivity index (χ1) is 18.4. The van der Waals surface area contributed by atoms with Crippen molar-refractivity contribution >= 4 is 23.3 Å². The lowest BCUT2D eigenvalue weighted by molar-refractivity contribution is -0.120. The SMILES string of the molecule is CCC(CC)C(=O)Nc1ccc(N2CCC(C(O)(c3ccccc3)c3ccccc3)CC2)c(C(=O)OC)c1. The molecule has 6 heteroatoms. The summed E-state index contributed by atoms with van der Waals surface area (Å²) in [5, 5.41) is 15.1. The van der Waals surface area contributed by atoms with Crippen LogP contribution in [-0.2, 0) is 15.1 Å². The van der Waals surface area contributed by atoms with Crippen LogP contribution in [0.15, 0.2) is 78.9 Å². The molecule has 0 spiro atoms. The number of hydrogen-bond acceptors (Lipinski definition) is 5. The molecule has 1 amide bonds. The molecule has 2 N–H and O–H groups in total. The topological polar surface area (TPSA) is 78.9 Å². The van der Waals surface area contributed by atoms with Crippen LogP contribution in [-0.4, -0.2) is 37.2 Å². The van der Waals surface area contributed by atoms with Gasteiger partial charge in [-0.3, -0.25) is 4.79 Å². The molecule has 0 radical (unpaired) electrons. The number of carbonyl (C=O) groups excluding carboxylic acids is 2. The second-order valence-corrected chi connectivity index (χ2v) is 9.99. The van der Waals surface area contributed by atoms with Crippen molar-refractivity contribution in [1.29, 1.82) is 0 Å². The summed E-state index contributed by atoms with van der Waals surface area (Å²) in [5.74, 6) is -0.543. The lowest BCUT2D eigenvalue weighted by Gasteiger charge is -2.43. The third-order valence-electron chi connectivity index (χ3n) is 7.88. The molecule has 1 aliphatic heterocycles. The lowest BCUT2D eigenvalue weighted by atomic mass is 9.72. The van der Waals surface area contributed by atoms with E-state index in [-0.39, 0.29) is 17.7 Å². The van der Waals surface area contributed by atoms with Gasteiger partial charge in [0.15, 0.2) is 0 Å². The number of benzene rings is 3. The molecule has 38 heavy (non-hydrogen) atoms. The predicted molar refractivity (Wildman–Crippen MR) is 151 cm³/mol. The zero-order valence-electron chi connectivity index (χ0n) is 22.5. The van der Waals surface area contributed by atoms with E-state index in [2.05, 4.69) is 10.2 Å². The molecule has 3 aromatic carbocycles. The molecule has 1 fully saturated rings. The van der Waals surface area contributed by atoms with Gasteiger partial charge in [-0.15, -0.1) is 0 Å².